The molecule has 0 fully saturated rings. The molecule has 0 radical (unpaired) electrons. The van der Waals surface area contributed by atoms with Crippen molar-refractivity contribution in [3.63, 3.8) is 0 Å². The molecule has 3 rings (SSSR count). The molecule has 0 bridgehead atoms. The van der Waals surface area contributed by atoms with Gasteiger partial charge in [-0.25, -0.2) is 13.6 Å². The minimum absolute atomic E-state index is 0.0209. The van der Waals surface area contributed by atoms with Gasteiger partial charge >= 0.3 is 0 Å². The van der Waals surface area contributed by atoms with Gasteiger partial charge in [0, 0.05) is 5.69 Å². The summed E-state index contributed by atoms with van der Waals surface area (Å²) in [7, 11) is -9.05. The molecule has 0 unspecified atom stereocenters. The van der Waals surface area contributed by atoms with Crippen LogP contribution in [-0.2, 0) is 26.7 Å². The van der Waals surface area contributed by atoms with Crippen LogP contribution in [0.25, 0.3) is 0 Å². The van der Waals surface area contributed by atoms with E-state index in [4.69, 9.17) is 9.56 Å². The normalized spacial score (nSPS) is 12.0. The predicted molar refractivity (Wildman–Crippen MR) is 108 cm³/mol. The maximum Gasteiger partial charge on any atom is 0.296 e. The molecule has 1 heterocycles. The fourth-order valence-corrected chi connectivity index (χ4v) is 4.15. The van der Waals surface area contributed by atoms with E-state index in [1.54, 1.807) is 24.3 Å². The second-order valence-corrected chi connectivity index (χ2v) is 9.16. The summed E-state index contributed by atoms with van der Waals surface area (Å²) in [5.41, 5.74) is 1.47. The van der Waals surface area contributed by atoms with E-state index in [-0.39, 0.29) is 17.9 Å². The van der Waals surface area contributed by atoms with Gasteiger partial charge in [-0.2, -0.15) is 8.42 Å². The Hall–Kier alpha value is -2.86. The second-order valence-electron chi connectivity index (χ2n) is 6.24. The van der Waals surface area contributed by atoms with Crippen molar-refractivity contribution in [1.82, 2.24) is 0 Å². The highest BCUT2D eigenvalue weighted by atomic mass is 32.2. The lowest BCUT2D eigenvalue weighted by Crippen LogP contribution is -2.16. The van der Waals surface area contributed by atoms with Crippen molar-refractivity contribution in [2.24, 2.45) is 5.14 Å². The maximum absolute atomic E-state index is 12.1. The van der Waals surface area contributed by atoms with Crippen molar-refractivity contribution in [1.29, 1.82) is 0 Å². The fraction of sp³-hybridized carbons (Fsp3) is 0.111. The third kappa shape index (κ3) is 4.95. The molecular formula is C18H19N3O6S2. The third-order valence-corrected chi connectivity index (χ3v) is 5.96. The van der Waals surface area contributed by atoms with Crippen LogP contribution >= 0.6 is 0 Å². The minimum atomic E-state index is -4.75. The molecule has 0 aliphatic rings. The standard InChI is InChI=1S/C18H19N3O6S2/c1-12-5-2-3-7-14(12)21-16-9-15(20-11-13-6-4-8-27-13)18(29(24,25)26)10-17(16)28(19,22)23/h2-10,20-21H,11H2,1H3,(H2,19,22,23)(H,24,25,26). The van der Waals surface area contributed by atoms with Crippen molar-refractivity contribution in [2.45, 2.75) is 23.3 Å². The predicted octanol–water partition coefficient (Wildman–Crippen LogP) is 2.84. The molecule has 0 atom stereocenters. The van der Waals surface area contributed by atoms with Crippen LogP contribution in [0.15, 0.2) is 69.0 Å². The molecule has 9 nitrogen and oxygen atoms in total. The third-order valence-electron chi connectivity index (χ3n) is 4.11. The van der Waals surface area contributed by atoms with Crippen LogP contribution in [0.2, 0.25) is 0 Å². The van der Waals surface area contributed by atoms with Gasteiger partial charge in [-0.1, -0.05) is 18.2 Å². The number of benzene rings is 2. The first-order valence-electron chi connectivity index (χ1n) is 8.33. The van der Waals surface area contributed by atoms with Gasteiger partial charge in [0.25, 0.3) is 10.1 Å². The SMILES string of the molecule is Cc1ccccc1Nc1cc(NCc2ccco2)c(S(=O)(=O)O)cc1S(N)(=O)=O. The van der Waals surface area contributed by atoms with Gasteiger partial charge in [-0.05, 0) is 42.8 Å². The van der Waals surface area contributed by atoms with E-state index >= 15 is 0 Å². The van der Waals surface area contributed by atoms with Crippen molar-refractivity contribution < 1.29 is 25.8 Å². The Bertz CT molecular complexity index is 1240. The topological polar surface area (TPSA) is 152 Å². The lowest BCUT2D eigenvalue weighted by molar-refractivity contribution is 0.483. The van der Waals surface area contributed by atoms with E-state index in [9.17, 15) is 21.4 Å². The molecule has 0 saturated carbocycles. The van der Waals surface area contributed by atoms with Crippen molar-refractivity contribution in [2.75, 3.05) is 10.6 Å². The van der Waals surface area contributed by atoms with Crippen LogP contribution in [0, 0.1) is 6.92 Å². The molecule has 0 aliphatic heterocycles. The number of hydrogen-bond acceptors (Lipinski definition) is 7. The van der Waals surface area contributed by atoms with Crippen molar-refractivity contribution in [3.05, 3.63) is 66.1 Å². The van der Waals surface area contributed by atoms with Gasteiger partial charge in [-0.3, -0.25) is 4.55 Å². The number of rotatable bonds is 7. The lowest BCUT2D eigenvalue weighted by atomic mass is 10.2. The average Bonchev–Trinajstić information content (AvgIpc) is 3.13. The Kier molecular flexibility index (Phi) is 5.66. The van der Waals surface area contributed by atoms with E-state index in [0.29, 0.717) is 11.4 Å². The number of sulfonamides is 1. The van der Waals surface area contributed by atoms with Crippen LogP contribution in [0.3, 0.4) is 0 Å². The zero-order valence-corrected chi connectivity index (χ0v) is 16.9. The highest BCUT2D eigenvalue weighted by molar-refractivity contribution is 7.89. The molecule has 11 heteroatoms. The van der Waals surface area contributed by atoms with E-state index in [0.717, 1.165) is 11.6 Å². The smallest absolute Gasteiger partial charge is 0.296 e. The highest BCUT2D eigenvalue weighted by Crippen LogP contribution is 2.34. The van der Waals surface area contributed by atoms with Gasteiger partial charge in [0.15, 0.2) is 0 Å². The van der Waals surface area contributed by atoms with Gasteiger partial charge in [-0.15, -0.1) is 0 Å². The number of aryl methyl sites for hydroxylation is 1. The number of anilines is 3. The summed E-state index contributed by atoms with van der Waals surface area (Å²) in [4.78, 5) is -1.10. The van der Waals surface area contributed by atoms with Crippen molar-refractivity contribution >= 4 is 37.2 Å². The lowest BCUT2D eigenvalue weighted by Gasteiger charge is -2.17. The number of para-hydroxylation sites is 1. The fourth-order valence-electron chi connectivity index (χ4n) is 2.70. The minimum Gasteiger partial charge on any atom is -0.467 e. The summed E-state index contributed by atoms with van der Waals surface area (Å²) < 4.78 is 62.7. The molecule has 0 saturated heterocycles. The van der Waals surface area contributed by atoms with Crippen LogP contribution in [0.1, 0.15) is 11.3 Å². The molecule has 0 aliphatic carbocycles. The molecule has 1 aromatic heterocycles. The number of nitrogens with one attached hydrogen (secondary N) is 2. The van der Waals surface area contributed by atoms with E-state index < -0.39 is 29.9 Å². The maximum atomic E-state index is 12.1. The van der Waals surface area contributed by atoms with Crippen LogP contribution in [-0.4, -0.2) is 21.4 Å². The first-order valence-corrected chi connectivity index (χ1v) is 11.3. The molecule has 29 heavy (non-hydrogen) atoms. The van der Waals surface area contributed by atoms with E-state index in [2.05, 4.69) is 10.6 Å². The number of furan rings is 1. The summed E-state index contributed by atoms with van der Waals surface area (Å²) in [5, 5.41) is 11.1. The Morgan fingerprint density at radius 1 is 0.966 bits per heavy atom. The molecular weight excluding hydrogens is 418 g/mol. The first kappa shape index (κ1) is 20.9. The average molecular weight is 437 g/mol. The summed E-state index contributed by atoms with van der Waals surface area (Å²) in [6, 6.07) is 12.5. The van der Waals surface area contributed by atoms with Gasteiger partial charge in [0.2, 0.25) is 10.0 Å². The summed E-state index contributed by atoms with van der Waals surface area (Å²) in [6.45, 7) is 1.93. The van der Waals surface area contributed by atoms with Crippen LogP contribution in [0.4, 0.5) is 17.1 Å². The number of hydrogen-bond donors (Lipinski definition) is 4. The molecule has 0 spiro atoms. The monoisotopic (exact) mass is 437 g/mol. The van der Waals surface area contributed by atoms with Crippen LogP contribution in [0.5, 0.6) is 0 Å². The Balaban J connectivity index is 2.14. The molecule has 0 amide bonds. The van der Waals surface area contributed by atoms with Crippen molar-refractivity contribution in [3.8, 4) is 0 Å². The quantitative estimate of drug-likeness (QED) is 0.412. The Morgan fingerprint density at radius 3 is 2.28 bits per heavy atom. The Morgan fingerprint density at radius 2 is 1.69 bits per heavy atom. The molecule has 2 aromatic carbocycles. The summed E-state index contributed by atoms with van der Waals surface area (Å²) in [6.07, 6.45) is 1.45. The second kappa shape index (κ2) is 7.87. The van der Waals surface area contributed by atoms with E-state index in [1.165, 1.54) is 12.3 Å². The number of nitrogens with two attached hydrogens (primary N) is 1. The summed E-state index contributed by atoms with van der Waals surface area (Å²) >= 11 is 0. The zero-order valence-electron chi connectivity index (χ0n) is 15.3. The van der Waals surface area contributed by atoms with Gasteiger partial charge in [0.1, 0.15) is 15.6 Å². The summed E-state index contributed by atoms with van der Waals surface area (Å²) in [5.74, 6) is 0.509. The van der Waals surface area contributed by atoms with Crippen LogP contribution < -0.4 is 15.8 Å². The highest BCUT2D eigenvalue weighted by Gasteiger charge is 2.24. The largest absolute Gasteiger partial charge is 0.467 e. The number of primary sulfonamides is 1. The zero-order chi connectivity index (χ0) is 21.2. The first-order chi connectivity index (χ1) is 13.6. The van der Waals surface area contributed by atoms with E-state index in [1.807, 2.05) is 19.1 Å². The Labute approximate surface area is 168 Å². The molecule has 154 valence electrons. The van der Waals surface area contributed by atoms with Gasteiger partial charge < -0.3 is 15.1 Å². The molecule has 3 aromatic rings. The van der Waals surface area contributed by atoms with Gasteiger partial charge in [0.05, 0.1) is 24.2 Å². The molecule has 5 N–H and O–H groups in total.